The first-order valence-corrected chi connectivity index (χ1v) is 21.4. The summed E-state index contributed by atoms with van der Waals surface area (Å²) in [7, 11) is 0. The Morgan fingerprint density at radius 3 is 1.42 bits per heavy atom. The van der Waals surface area contributed by atoms with Crippen LogP contribution in [0.3, 0.4) is 0 Å². The van der Waals surface area contributed by atoms with Gasteiger partial charge < -0.3 is 23.4 Å². The molecule has 0 amide bonds. The molecular weight excluding hydrogens is 863 g/mol. The van der Waals surface area contributed by atoms with Gasteiger partial charge in [-0.2, -0.15) is 26.3 Å². The molecule has 0 aliphatic carbocycles. The lowest BCUT2D eigenvalue weighted by molar-refractivity contribution is -0.138. The molecule has 1 aliphatic heterocycles. The van der Waals surface area contributed by atoms with Crippen LogP contribution in [-0.4, -0.2) is 0 Å². The van der Waals surface area contributed by atoms with Crippen molar-refractivity contribution in [3.05, 3.63) is 193 Å². The molecule has 0 fully saturated rings. The summed E-state index contributed by atoms with van der Waals surface area (Å²) in [6.45, 7) is 0. The Morgan fingerprint density at radius 2 is 0.836 bits per heavy atom. The highest BCUT2D eigenvalue weighted by Gasteiger charge is 2.33. The maximum absolute atomic E-state index is 14.0. The Balaban J connectivity index is 1.04. The highest BCUT2D eigenvalue weighted by Crippen LogP contribution is 2.54. The van der Waals surface area contributed by atoms with E-state index in [1.54, 1.807) is 0 Å². The van der Waals surface area contributed by atoms with Crippen molar-refractivity contribution in [2.45, 2.75) is 12.4 Å². The zero-order valence-corrected chi connectivity index (χ0v) is 34.7. The van der Waals surface area contributed by atoms with Crippen molar-refractivity contribution in [2.24, 2.45) is 0 Å². The molecule has 2 aromatic heterocycles. The number of ether oxygens (including phenoxy) is 1. The lowest BCUT2D eigenvalue weighted by atomic mass is 9.91. The predicted molar refractivity (Wildman–Crippen MR) is 253 cm³/mol. The van der Waals surface area contributed by atoms with Crippen molar-refractivity contribution in [3.63, 3.8) is 0 Å². The molecule has 0 saturated carbocycles. The third-order valence-electron chi connectivity index (χ3n) is 12.8. The van der Waals surface area contributed by atoms with Crippen molar-refractivity contribution in [1.82, 2.24) is 0 Å². The van der Waals surface area contributed by atoms with Crippen LogP contribution in [0.4, 0.5) is 60.5 Å². The van der Waals surface area contributed by atoms with E-state index in [9.17, 15) is 26.3 Å². The molecule has 1 aliphatic rings. The largest absolute Gasteiger partial charge is 0.456 e. The fourth-order valence-corrected chi connectivity index (χ4v) is 9.89. The van der Waals surface area contributed by atoms with Crippen LogP contribution in [0.5, 0.6) is 11.5 Å². The summed E-state index contributed by atoms with van der Waals surface area (Å²) >= 11 is 0. The molecule has 67 heavy (non-hydrogen) atoms. The zero-order chi connectivity index (χ0) is 45.3. The third kappa shape index (κ3) is 5.97. The van der Waals surface area contributed by atoms with Gasteiger partial charge in [0.1, 0.15) is 22.7 Å². The van der Waals surface area contributed by atoms with Crippen molar-refractivity contribution in [1.29, 1.82) is 0 Å². The minimum absolute atomic E-state index is 0.472. The molecule has 13 rings (SSSR count). The van der Waals surface area contributed by atoms with Crippen LogP contribution >= 0.6 is 0 Å². The lowest BCUT2D eigenvalue weighted by Crippen LogP contribution is -2.13. The molecule has 10 aromatic carbocycles. The highest BCUT2D eigenvalue weighted by atomic mass is 19.4. The number of alkyl halides is 6. The Morgan fingerprint density at radius 1 is 0.343 bits per heavy atom. The Kier molecular flexibility index (Phi) is 8.16. The molecule has 5 nitrogen and oxygen atoms in total. The number of fused-ring (bicyclic) bond motifs is 6. The minimum atomic E-state index is -4.53. The zero-order valence-electron chi connectivity index (χ0n) is 34.7. The molecule has 0 N–H and O–H groups in total. The fourth-order valence-electron chi connectivity index (χ4n) is 9.89. The first kappa shape index (κ1) is 39.0. The van der Waals surface area contributed by atoms with E-state index in [0.29, 0.717) is 68.0 Å². The van der Waals surface area contributed by atoms with Gasteiger partial charge in [0.2, 0.25) is 0 Å². The van der Waals surface area contributed by atoms with E-state index < -0.39 is 23.5 Å². The average Bonchev–Trinajstić information content (AvgIpc) is 3.91. The number of nitrogens with zero attached hydrogens (tertiary/aromatic N) is 2. The maximum Gasteiger partial charge on any atom is 0.416 e. The molecule has 11 heteroatoms. The molecule has 0 saturated heterocycles. The highest BCUT2D eigenvalue weighted by molar-refractivity contribution is 6.28. The summed E-state index contributed by atoms with van der Waals surface area (Å²) in [6, 6.07) is 52.7. The van der Waals surface area contributed by atoms with Gasteiger partial charge in [-0.25, -0.2) is 0 Å². The van der Waals surface area contributed by atoms with Crippen molar-refractivity contribution >= 4 is 110 Å². The molecule has 0 bridgehead atoms. The number of rotatable bonds is 6. The quantitative estimate of drug-likeness (QED) is 0.123. The van der Waals surface area contributed by atoms with Crippen LogP contribution in [0.2, 0.25) is 0 Å². The maximum atomic E-state index is 14.0. The number of hydrogen-bond acceptors (Lipinski definition) is 5. The van der Waals surface area contributed by atoms with Gasteiger partial charge in [0.25, 0.3) is 0 Å². The lowest BCUT2D eigenvalue weighted by Gasteiger charge is -2.30. The van der Waals surface area contributed by atoms with Crippen molar-refractivity contribution < 1.29 is 39.9 Å². The van der Waals surface area contributed by atoms with Crippen LogP contribution in [-0.2, 0) is 12.4 Å². The average molecular weight is 893 g/mol. The van der Waals surface area contributed by atoms with Gasteiger partial charge in [0, 0.05) is 60.5 Å². The minimum Gasteiger partial charge on any atom is -0.456 e. The molecule has 324 valence electrons. The summed E-state index contributed by atoms with van der Waals surface area (Å²) < 4.78 is 103. The topological polar surface area (TPSA) is 42.0 Å². The van der Waals surface area contributed by atoms with Gasteiger partial charge in [0.05, 0.1) is 33.9 Å². The Bertz CT molecular complexity index is 4000. The summed E-state index contributed by atoms with van der Waals surface area (Å²) in [4.78, 5) is 3.82. The predicted octanol–water partition coefficient (Wildman–Crippen LogP) is 18.0. The van der Waals surface area contributed by atoms with E-state index in [0.717, 1.165) is 78.1 Å². The van der Waals surface area contributed by atoms with Gasteiger partial charge in [-0.1, -0.05) is 84.9 Å². The molecule has 0 spiro atoms. The summed E-state index contributed by atoms with van der Waals surface area (Å²) in [5, 5.41) is 8.50. The molecule has 0 unspecified atom stereocenters. The van der Waals surface area contributed by atoms with E-state index in [-0.39, 0.29) is 0 Å². The van der Waals surface area contributed by atoms with Crippen LogP contribution in [0.15, 0.2) is 191 Å². The molecule has 3 heterocycles. The van der Waals surface area contributed by atoms with Crippen LogP contribution in [0.1, 0.15) is 11.1 Å². The number of benzene rings is 10. The van der Waals surface area contributed by atoms with Gasteiger partial charge in [-0.3, -0.25) is 0 Å². The summed E-state index contributed by atoms with van der Waals surface area (Å²) in [5.74, 6) is 1.09. The first-order chi connectivity index (χ1) is 32.5. The standard InChI is InChI=1S/C56H30F6N2O3/c57-55(58,59)33-20-24-35(25-21-33)63(43-13-5-10-40-38-8-1-3-15-46(38)66-53(40)43)37-28-31-18-19-32-29-45(42-12-7-17-48-52(42)51(32)50(31)49(30-37)65-48)64(36-26-22-34(23-27-36)56(60,61)62)44-14-6-11-41-39-9-2-4-16-47(39)67-54(41)44/h1-30H. The molecule has 12 aromatic rings. The second kappa shape index (κ2) is 14.0. The van der Waals surface area contributed by atoms with Crippen molar-refractivity contribution in [3.8, 4) is 11.5 Å². The molecular formula is C56H30F6N2O3. The van der Waals surface area contributed by atoms with E-state index in [1.165, 1.54) is 24.3 Å². The molecule has 0 radical (unpaired) electrons. The SMILES string of the molecule is FC(F)(F)c1ccc(N(c2cc3c4c(ccc5cc(N(c6ccc(C(F)(F)F)cc6)c6cccc7c6oc6ccccc67)c6cccc(c6c54)O3)c2)c2cccc3c2oc2ccccc23)cc1. The van der Waals surface area contributed by atoms with Crippen LogP contribution in [0, 0.1) is 0 Å². The van der Waals surface area contributed by atoms with Gasteiger partial charge in [-0.15, -0.1) is 0 Å². The number of halogens is 6. The number of anilines is 6. The smallest absolute Gasteiger partial charge is 0.416 e. The Hall–Kier alpha value is -8.44. The van der Waals surface area contributed by atoms with Gasteiger partial charge in [0.15, 0.2) is 11.2 Å². The monoisotopic (exact) mass is 892 g/mol. The normalized spacial score (nSPS) is 12.7. The van der Waals surface area contributed by atoms with E-state index in [4.69, 9.17) is 13.6 Å². The second-order valence-electron chi connectivity index (χ2n) is 16.6. The van der Waals surface area contributed by atoms with E-state index in [1.807, 2.05) is 143 Å². The van der Waals surface area contributed by atoms with Crippen LogP contribution < -0.4 is 14.5 Å². The van der Waals surface area contributed by atoms with Crippen molar-refractivity contribution in [2.75, 3.05) is 9.80 Å². The third-order valence-corrected chi connectivity index (χ3v) is 12.8. The first-order valence-electron chi connectivity index (χ1n) is 21.4. The number of hydrogen-bond donors (Lipinski definition) is 0. The van der Waals surface area contributed by atoms with Gasteiger partial charge in [-0.05, 0) is 102 Å². The molecule has 0 atom stereocenters. The number of furan rings is 2. The number of para-hydroxylation sites is 4. The summed E-state index contributed by atoms with van der Waals surface area (Å²) in [5.41, 5.74) is 4.46. The van der Waals surface area contributed by atoms with Crippen LogP contribution in [0.25, 0.3) is 76.2 Å². The Labute approximate surface area is 375 Å². The van der Waals surface area contributed by atoms with Gasteiger partial charge >= 0.3 is 12.4 Å². The fraction of sp³-hybridized carbons (Fsp3) is 0.0357. The summed E-state index contributed by atoms with van der Waals surface area (Å²) in [6.07, 6.45) is -9.06. The second-order valence-corrected chi connectivity index (χ2v) is 16.6. The van der Waals surface area contributed by atoms with E-state index in [2.05, 4.69) is 0 Å². The van der Waals surface area contributed by atoms with E-state index >= 15 is 0 Å².